The van der Waals surface area contributed by atoms with Gasteiger partial charge in [0.2, 0.25) is 0 Å². The van der Waals surface area contributed by atoms with Gasteiger partial charge in [-0.3, -0.25) is 0 Å². The Labute approximate surface area is 177 Å². The fourth-order valence-electron chi connectivity index (χ4n) is 8.73. The molecule has 4 fully saturated rings. The van der Waals surface area contributed by atoms with Gasteiger partial charge in [0, 0.05) is 0 Å². The summed E-state index contributed by atoms with van der Waals surface area (Å²) in [6, 6.07) is 0. The molecule has 0 heterocycles. The summed E-state index contributed by atoms with van der Waals surface area (Å²) in [6.45, 7) is 12.0. The minimum Gasteiger partial charge on any atom is -0.129 e. The first-order chi connectivity index (χ1) is 13.5. The van der Waals surface area contributed by atoms with E-state index in [4.69, 9.17) is 0 Å². The first-order valence-corrected chi connectivity index (χ1v) is 13.0. The van der Waals surface area contributed by atoms with Gasteiger partial charge in [0.05, 0.1) is 0 Å². The summed E-state index contributed by atoms with van der Waals surface area (Å²) in [4.78, 5) is 0. The largest absolute Gasteiger partial charge is 0.144 e. The molecule has 0 aromatic heterocycles. The van der Waals surface area contributed by atoms with Gasteiger partial charge in [0.1, 0.15) is 7.28 Å². The first kappa shape index (κ1) is 21.1. The molecule has 0 aromatic carbocycles. The van der Waals surface area contributed by atoms with Gasteiger partial charge in [0.25, 0.3) is 0 Å². The molecule has 4 rings (SSSR count). The van der Waals surface area contributed by atoms with Crippen LogP contribution in [0.2, 0.25) is 5.82 Å². The van der Waals surface area contributed by atoms with E-state index in [-0.39, 0.29) is 0 Å². The molecule has 28 heavy (non-hydrogen) atoms. The summed E-state index contributed by atoms with van der Waals surface area (Å²) in [5, 5.41) is 0. The zero-order valence-electron chi connectivity index (χ0n) is 19.2. The van der Waals surface area contributed by atoms with E-state index in [9.17, 15) is 0 Å². The zero-order valence-corrected chi connectivity index (χ0v) is 19.2. The molecule has 157 valence electrons. The van der Waals surface area contributed by atoms with Crippen molar-refractivity contribution in [2.75, 3.05) is 0 Å². The summed E-state index contributed by atoms with van der Waals surface area (Å²) in [6.07, 6.45) is 19.4. The Bertz CT molecular complexity index is 522. The Kier molecular flexibility index (Phi) is 6.69. The monoisotopic (exact) mass is 381 g/mol. The Hall–Kier alpha value is -0.195. The lowest BCUT2D eigenvalue weighted by molar-refractivity contribution is 0.0548. The van der Waals surface area contributed by atoms with Gasteiger partial charge in [-0.15, -0.1) is 12.6 Å². The zero-order chi connectivity index (χ0) is 19.7. The van der Waals surface area contributed by atoms with E-state index in [1.54, 1.807) is 19.3 Å². The lowest BCUT2D eigenvalue weighted by Crippen LogP contribution is -2.38. The molecule has 8 atom stereocenters. The highest BCUT2D eigenvalue weighted by atomic mass is 14.6. The van der Waals surface area contributed by atoms with Crippen LogP contribution in [0.5, 0.6) is 0 Å². The van der Waals surface area contributed by atoms with Crippen LogP contribution in [0.4, 0.5) is 0 Å². The Morgan fingerprint density at radius 1 is 0.750 bits per heavy atom. The van der Waals surface area contributed by atoms with Gasteiger partial charge in [0.15, 0.2) is 0 Å². The molecule has 1 heteroatoms. The highest BCUT2D eigenvalue weighted by molar-refractivity contribution is 6.43. The van der Waals surface area contributed by atoms with Crippen LogP contribution in [0.25, 0.3) is 0 Å². The minimum atomic E-state index is 0.596. The van der Waals surface area contributed by atoms with Crippen molar-refractivity contribution < 1.29 is 0 Å². The van der Waals surface area contributed by atoms with Crippen LogP contribution >= 0.6 is 0 Å². The second-order valence-electron chi connectivity index (χ2n) is 12.0. The third-order valence-electron chi connectivity index (χ3n) is 10.2. The maximum absolute atomic E-state index is 4.13. The fourth-order valence-corrected chi connectivity index (χ4v) is 8.73. The lowest BCUT2D eigenvalue weighted by atomic mass is 9.49. The van der Waals surface area contributed by atoms with Crippen LogP contribution in [-0.2, 0) is 0 Å². The van der Waals surface area contributed by atoms with Gasteiger partial charge in [-0.2, -0.15) is 0 Å². The van der Waals surface area contributed by atoms with E-state index in [1.165, 1.54) is 64.2 Å². The molecule has 4 saturated carbocycles. The van der Waals surface area contributed by atoms with Gasteiger partial charge in [-0.05, 0) is 72.5 Å². The molecule has 0 bridgehead atoms. The number of hydrogen-bond acceptors (Lipinski definition) is 0. The topological polar surface area (TPSA) is 0 Å². The number of hydrogen-bond donors (Lipinski definition) is 0. The average Bonchev–Trinajstić information content (AvgIpc) is 2.89. The maximum Gasteiger partial charge on any atom is 0.144 e. The third kappa shape index (κ3) is 4.03. The molecule has 0 N–H and O–H groups in total. The van der Waals surface area contributed by atoms with Crippen molar-refractivity contribution in [3.8, 4) is 0 Å². The van der Waals surface area contributed by atoms with E-state index in [1.807, 2.05) is 0 Å². The van der Waals surface area contributed by atoms with Gasteiger partial charge in [-0.1, -0.05) is 84.4 Å². The highest BCUT2D eigenvalue weighted by Crippen LogP contribution is 2.65. The number of rotatable bonds is 2. The Morgan fingerprint density at radius 2 is 1.50 bits per heavy atom. The van der Waals surface area contributed by atoms with Crippen molar-refractivity contribution in [3.63, 3.8) is 0 Å². The predicted molar refractivity (Wildman–Crippen MR) is 124 cm³/mol. The normalized spacial score (nSPS) is 46.4. The third-order valence-corrected chi connectivity index (χ3v) is 10.2. The smallest absolute Gasteiger partial charge is 0.129 e. The molecule has 0 amide bonds. The van der Waals surface area contributed by atoms with E-state index >= 15 is 0 Å². The Morgan fingerprint density at radius 3 is 2.32 bits per heavy atom. The van der Waals surface area contributed by atoms with Crippen molar-refractivity contribution in [2.24, 2.45) is 46.8 Å². The predicted octanol–water partition coefficient (Wildman–Crippen LogP) is 8.11. The summed E-state index contributed by atoms with van der Waals surface area (Å²) in [5.74, 6) is 9.90. The summed E-state index contributed by atoms with van der Waals surface area (Å²) < 4.78 is 0. The van der Waals surface area contributed by atoms with E-state index in [0.717, 1.165) is 47.2 Å². The molecular weight excluding hydrogens is 335 g/mol. The van der Waals surface area contributed by atoms with Crippen molar-refractivity contribution >= 4 is 7.28 Å². The van der Waals surface area contributed by atoms with Crippen molar-refractivity contribution in [1.82, 2.24) is 0 Å². The molecule has 8 unspecified atom stereocenters. The summed E-state index contributed by atoms with van der Waals surface area (Å²) in [7, 11) is 2.53. The molecule has 0 aromatic rings. The van der Waals surface area contributed by atoms with Crippen LogP contribution in [0.1, 0.15) is 104 Å². The molecular formula is C27H46B. The highest BCUT2D eigenvalue weighted by Gasteiger charge is 2.58. The van der Waals surface area contributed by atoms with Crippen molar-refractivity contribution in [2.45, 2.75) is 110 Å². The minimum absolute atomic E-state index is 0.596. The molecule has 0 saturated heterocycles. The van der Waals surface area contributed by atoms with Crippen LogP contribution < -0.4 is 0 Å². The van der Waals surface area contributed by atoms with E-state index in [2.05, 4.69) is 40.6 Å². The fraction of sp³-hybridized carbons (Fsp3) is 0.926. The molecule has 1 radical (unpaired) electrons. The second kappa shape index (κ2) is 8.89. The molecule has 0 nitrogen and oxygen atoms in total. The van der Waals surface area contributed by atoms with Crippen LogP contribution in [-0.4, -0.2) is 7.28 Å². The van der Waals surface area contributed by atoms with Crippen molar-refractivity contribution in [1.29, 1.82) is 0 Å². The van der Waals surface area contributed by atoms with Crippen LogP contribution in [0.3, 0.4) is 0 Å². The number of fused-ring (bicyclic) bond motifs is 4. The van der Waals surface area contributed by atoms with Gasteiger partial charge >= 0.3 is 0 Å². The molecule has 4 aliphatic rings. The standard InChI is InChI=1S/C27H46B/c1-5-28-26-16-15-19(2)11-7-6-8-12-20-17-25-23(18-22(20)26)21-13-9-10-14-24(21)27(25,3)4/h5,19-26H,1,6-18H2,2-4H3. The first-order valence-electron chi connectivity index (χ1n) is 13.0. The van der Waals surface area contributed by atoms with E-state index in [0.29, 0.717) is 5.41 Å². The summed E-state index contributed by atoms with van der Waals surface area (Å²) in [5.41, 5.74) is 0.596. The Balaban J connectivity index is 1.58. The molecule has 0 spiro atoms. The van der Waals surface area contributed by atoms with Gasteiger partial charge < -0.3 is 0 Å². The molecule has 4 aliphatic carbocycles. The van der Waals surface area contributed by atoms with Gasteiger partial charge in [-0.25, -0.2) is 0 Å². The van der Waals surface area contributed by atoms with E-state index < -0.39 is 0 Å². The maximum atomic E-state index is 4.13. The quantitative estimate of drug-likeness (QED) is 0.424. The SMILES string of the molecule is C=C[B]C1CCC(C)CCCCCC2CC3C(CC12)C1CCCCC1C3(C)C. The van der Waals surface area contributed by atoms with Crippen LogP contribution in [0.15, 0.2) is 12.6 Å². The average molecular weight is 381 g/mol. The van der Waals surface area contributed by atoms with Crippen molar-refractivity contribution in [3.05, 3.63) is 12.6 Å². The molecule has 0 aliphatic heterocycles. The van der Waals surface area contributed by atoms with Crippen LogP contribution in [0, 0.1) is 46.8 Å². The lowest BCUT2D eigenvalue weighted by Gasteiger charge is -2.47. The second-order valence-corrected chi connectivity index (χ2v) is 12.0. The summed E-state index contributed by atoms with van der Waals surface area (Å²) >= 11 is 0.